The molecule has 0 saturated carbocycles. The van der Waals surface area contributed by atoms with Crippen molar-refractivity contribution < 1.29 is 9.59 Å². The van der Waals surface area contributed by atoms with Crippen LogP contribution in [0.3, 0.4) is 0 Å². The Bertz CT molecular complexity index is 1070. The number of aromatic nitrogens is 3. The Morgan fingerprint density at radius 2 is 1.97 bits per heavy atom. The van der Waals surface area contributed by atoms with Crippen LogP contribution in [0.5, 0.6) is 0 Å². The van der Waals surface area contributed by atoms with Gasteiger partial charge in [0.25, 0.3) is 5.91 Å². The summed E-state index contributed by atoms with van der Waals surface area (Å²) < 4.78 is 0. The van der Waals surface area contributed by atoms with E-state index in [-0.39, 0.29) is 11.8 Å². The third-order valence-corrected chi connectivity index (χ3v) is 5.67. The number of nitrogens with zero attached hydrogens (tertiary/aromatic N) is 3. The number of H-pyrrole nitrogens is 1. The summed E-state index contributed by atoms with van der Waals surface area (Å²) in [5.74, 6) is 0.875. The standard InChI is InChI=1S/C23H26N6O2/c1-2-19(30)29-10-8-17(9-11-29)12-24-21-20-18(14-25-22(20)28-15-27-21)23(31)26-13-16-6-4-3-5-7-16/h2-7,14-15,17H,1,8-13H2,(H,26,31)(H2,24,25,27,28). The monoisotopic (exact) mass is 418 g/mol. The van der Waals surface area contributed by atoms with E-state index in [4.69, 9.17) is 0 Å². The van der Waals surface area contributed by atoms with Gasteiger partial charge in [0.05, 0.1) is 10.9 Å². The van der Waals surface area contributed by atoms with Crippen molar-refractivity contribution in [3.8, 4) is 0 Å². The highest BCUT2D eigenvalue weighted by molar-refractivity contribution is 6.09. The molecule has 0 unspecified atom stereocenters. The van der Waals surface area contributed by atoms with Crippen molar-refractivity contribution in [3.05, 3.63) is 66.6 Å². The Morgan fingerprint density at radius 3 is 2.71 bits per heavy atom. The van der Waals surface area contributed by atoms with Crippen LogP contribution >= 0.6 is 0 Å². The third kappa shape index (κ3) is 4.74. The Hall–Kier alpha value is -3.68. The second-order valence-electron chi connectivity index (χ2n) is 7.67. The minimum Gasteiger partial charge on any atom is -0.369 e. The van der Waals surface area contributed by atoms with Crippen molar-refractivity contribution in [3.63, 3.8) is 0 Å². The summed E-state index contributed by atoms with van der Waals surface area (Å²) >= 11 is 0. The van der Waals surface area contributed by atoms with Crippen LogP contribution in [-0.4, -0.2) is 51.3 Å². The fourth-order valence-electron chi connectivity index (χ4n) is 3.88. The van der Waals surface area contributed by atoms with Crippen LogP contribution in [0.25, 0.3) is 11.0 Å². The van der Waals surface area contributed by atoms with Gasteiger partial charge in [-0.25, -0.2) is 9.97 Å². The summed E-state index contributed by atoms with van der Waals surface area (Å²) in [5, 5.41) is 7.04. The van der Waals surface area contributed by atoms with E-state index in [1.165, 1.54) is 12.4 Å². The van der Waals surface area contributed by atoms with Crippen LogP contribution in [0.15, 0.2) is 55.5 Å². The minimum absolute atomic E-state index is 0.0117. The summed E-state index contributed by atoms with van der Waals surface area (Å²) in [7, 11) is 0. The smallest absolute Gasteiger partial charge is 0.253 e. The lowest BCUT2D eigenvalue weighted by molar-refractivity contribution is -0.127. The van der Waals surface area contributed by atoms with Gasteiger partial charge in [-0.1, -0.05) is 36.9 Å². The van der Waals surface area contributed by atoms with Gasteiger partial charge in [0.2, 0.25) is 5.91 Å². The molecule has 160 valence electrons. The maximum Gasteiger partial charge on any atom is 0.253 e. The van der Waals surface area contributed by atoms with Gasteiger partial charge in [-0.2, -0.15) is 0 Å². The lowest BCUT2D eigenvalue weighted by Gasteiger charge is -2.31. The summed E-state index contributed by atoms with van der Waals surface area (Å²) in [4.78, 5) is 38.1. The van der Waals surface area contributed by atoms with Crippen molar-refractivity contribution in [2.24, 2.45) is 5.92 Å². The molecular formula is C23H26N6O2. The molecule has 1 aliphatic heterocycles. The summed E-state index contributed by atoms with van der Waals surface area (Å²) in [6.45, 7) is 6.18. The zero-order valence-corrected chi connectivity index (χ0v) is 17.3. The fourth-order valence-corrected chi connectivity index (χ4v) is 3.88. The molecule has 0 aliphatic carbocycles. The quantitative estimate of drug-likeness (QED) is 0.512. The molecule has 8 nitrogen and oxygen atoms in total. The lowest BCUT2D eigenvalue weighted by Crippen LogP contribution is -2.39. The number of carbonyl (C=O) groups is 2. The molecule has 1 aromatic carbocycles. The number of nitrogens with one attached hydrogen (secondary N) is 3. The first-order chi connectivity index (χ1) is 15.2. The van der Waals surface area contributed by atoms with Gasteiger partial charge in [0.15, 0.2) is 0 Å². The molecule has 31 heavy (non-hydrogen) atoms. The SMILES string of the molecule is C=CC(=O)N1CCC(CNc2ncnc3[nH]cc(C(=O)NCc4ccccc4)c23)CC1. The average molecular weight is 419 g/mol. The van der Waals surface area contributed by atoms with Crippen LogP contribution in [0.2, 0.25) is 0 Å². The van der Waals surface area contributed by atoms with Gasteiger partial charge >= 0.3 is 0 Å². The number of amides is 2. The number of anilines is 1. The lowest BCUT2D eigenvalue weighted by atomic mass is 9.96. The van der Waals surface area contributed by atoms with Gasteiger partial charge in [0, 0.05) is 32.4 Å². The first-order valence-corrected chi connectivity index (χ1v) is 10.4. The van der Waals surface area contributed by atoms with Crippen LogP contribution in [-0.2, 0) is 11.3 Å². The molecule has 1 aliphatic rings. The molecule has 3 aromatic rings. The predicted molar refractivity (Wildman–Crippen MR) is 119 cm³/mol. The maximum atomic E-state index is 12.8. The molecular weight excluding hydrogens is 392 g/mol. The maximum absolute atomic E-state index is 12.8. The Morgan fingerprint density at radius 1 is 1.19 bits per heavy atom. The first-order valence-electron chi connectivity index (χ1n) is 10.4. The van der Waals surface area contributed by atoms with Crippen LogP contribution in [0.4, 0.5) is 5.82 Å². The van der Waals surface area contributed by atoms with Crippen molar-refractivity contribution in [2.75, 3.05) is 25.0 Å². The Kier molecular flexibility index (Phi) is 6.26. The largest absolute Gasteiger partial charge is 0.369 e. The number of carbonyl (C=O) groups excluding carboxylic acids is 2. The van der Waals surface area contributed by atoms with E-state index in [9.17, 15) is 9.59 Å². The summed E-state index contributed by atoms with van der Waals surface area (Å²) in [6.07, 6.45) is 6.35. The molecule has 0 atom stereocenters. The van der Waals surface area contributed by atoms with Gasteiger partial charge in [-0.05, 0) is 30.4 Å². The predicted octanol–water partition coefficient (Wildman–Crippen LogP) is 2.72. The van der Waals surface area contributed by atoms with E-state index in [0.717, 1.165) is 38.0 Å². The first kappa shape index (κ1) is 20.6. The van der Waals surface area contributed by atoms with E-state index in [2.05, 4.69) is 32.2 Å². The van der Waals surface area contributed by atoms with Crippen molar-refractivity contribution in [2.45, 2.75) is 19.4 Å². The Balaban J connectivity index is 1.42. The van der Waals surface area contributed by atoms with Crippen molar-refractivity contribution in [1.29, 1.82) is 0 Å². The number of hydrogen-bond acceptors (Lipinski definition) is 5. The van der Waals surface area contributed by atoms with Crippen LogP contribution in [0.1, 0.15) is 28.8 Å². The molecule has 3 N–H and O–H groups in total. The molecule has 8 heteroatoms. The van der Waals surface area contributed by atoms with Gasteiger partial charge in [0.1, 0.15) is 17.8 Å². The van der Waals surface area contributed by atoms with Crippen molar-refractivity contribution >= 4 is 28.7 Å². The van der Waals surface area contributed by atoms with E-state index < -0.39 is 0 Å². The molecule has 2 aromatic heterocycles. The molecule has 1 fully saturated rings. The van der Waals surface area contributed by atoms with Crippen LogP contribution in [0, 0.1) is 5.92 Å². The molecule has 0 bridgehead atoms. The Labute approximate surface area is 180 Å². The number of hydrogen-bond donors (Lipinski definition) is 3. The van der Waals surface area contributed by atoms with E-state index in [1.54, 1.807) is 6.20 Å². The van der Waals surface area contributed by atoms with Gasteiger partial charge in [-0.3, -0.25) is 9.59 Å². The number of rotatable bonds is 7. The molecule has 2 amide bonds. The number of fused-ring (bicyclic) bond motifs is 1. The van der Waals surface area contributed by atoms with Crippen molar-refractivity contribution in [1.82, 2.24) is 25.2 Å². The summed E-state index contributed by atoms with van der Waals surface area (Å²) in [5.41, 5.74) is 2.17. The third-order valence-electron chi connectivity index (χ3n) is 5.67. The molecule has 3 heterocycles. The zero-order chi connectivity index (χ0) is 21.6. The topological polar surface area (TPSA) is 103 Å². The van der Waals surface area contributed by atoms with Gasteiger partial charge in [-0.15, -0.1) is 0 Å². The molecule has 0 spiro atoms. The highest BCUT2D eigenvalue weighted by Crippen LogP contribution is 2.25. The highest BCUT2D eigenvalue weighted by atomic mass is 16.2. The summed E-state index contributed by atoms with van der Waals surface area (Å²) in [6, 6.07) is 9.78. The number of likely N-dealkylation sites (tertiary alicyclic amines) is 1. The highest BCUT2D eigenvalue weighted by Gasteiger charge is 2.22. The average Bonchev–Trinajstić information content (AvgIpc) is 3.27. The second kappa shape index (κ2) is 9.42. The minimum atomic E-state index is -0.177. The second-order valence-corrected chi connectivity index (χ2v) is 7.67. The normalized spacial score (nSPS) is 14.4. The van der Waals surface area contributed by atoms with Crippen LogP contribution < -0.4 is 10.6 Å². The number of aromatic amines is 1. The fraction of sp³-hybridized carbons (Fsp3) is 0.304. The number of benzene rings is 1. The number of piperidine rings is 1. The van der Waals surface area contributed by atoms with E-state index in [1.807, 2.05) is 35.2 Å². The molecule has 4 rings (SSSR count). The van der Waals surface area contributed by atoms with Gasteiger partial charge < -0.3 is 20.5 Å². The van der Waals surface area contributed by atoms with E-state index in [0.29, 0.717) is 34.9 Å². The zero-order valence-electron chi connectivity index (χ0n) is 17.3. The molecule has 0 radical (unpaired) electrons. The molecule has 1 saturated heterocycles. The van der Waals surface area contributed by atoms with E-state index >= 15 is 0 Å².